The summed E-state index contributed by atoms with van der Waals surface area (Å²) in [7, 11) is 1.70. The second-order valence-electron chi connectivity index (χ2n) is 6.78. The van der Waals surface area contributed by atoms with E-state index in [1.165, 1.54) is 25.7 Å². The maximum Gasteiger partial charge on any atom is 0.125 e. The van der Waals surface area contributed by atoms with E-state index in [0.717, 1.165) is 22.6 Å². The van der Waals surface area contributed by atoms with Gasteiger partial charge in [-0.3, -0.25) is 0 Å². The molecular formula is C17H23ClN2O. The zero-order valence-electron chi connectivity index (χ0n) is 13.0. The molecule has 1 aliphatic rings. The van der Waals surface area contributed by atoms with E-state index < -0.39 is 0 Å². The monoisotopic (exact) mass is 306 g/mol. The summed E-state index contributed by atoms with van der Waals surface area (Å²) in [5, 5.41) is 0. The third-order valence-electron chi connectivity index (χ3n) is 4.76. The van der Waals surface area contributed by atoms with E-state index in [4.69, 9.17) is 21.3 Å². The number of alkyl halides is 1. The van der Waals surface area contributed by atoms with Gasteiger partial charge in [0, 0.05) is 12.1 Å². The van der Waals surface area contributed by atoms with Gasteiger partial charge in [0.25, 0.3) is 0 Å². The summed E-state index contributed by atoms with van der Waals surface area (Å²) in [6, 6.07) is 6.57. The Balaban J connectivity index is 2.03. The Kier molecular flexibility index (Phi) is 3.87. The Labute approximate surface area is 131 Å². The molecule has 114 valence electrons. The summed E-state index contributed by atoms with van der Waals surface area (Å²) in [5.74, 6) is 2.31. The van der Waals surface area contributed by atoms with Gasteiger partial charge in [-0.15, -0.1) is 11.6 Å². The molecule has 0 saturated heterocycles. The van der Waals surface area contributed by atoms with Crippen LogP contribution >= 0.6 is 11.6 Å². The highest BCUT2D eigenvalue weighted by molar-refractivity contribution is 6.16. The van der Waals surface area contributed by atoms with E-state index >= 15 is 0 Å². The van der Waals surface area contributed by atoms with Gasteiger partial charge in [-0.1, -0.05) is 13.8 Å². The molecule has 3 nitrogen and oxygen atoms in total. The first-order valence-electron chi connectivity index (χ1n) is 7.65. The molecule has 0 radical (unpaired) electrons. The highest BCUT2D eigenvalue weighted by Crippen LogP contribution is 2.42. The summed E-state index contributed by atoms with van der Waals surface area (Å²) >= 11 is 6.14. The molecule has 3 rings (SSSR count). The van der Waals surface area contributed by atoms with Gasteiger partial charge in [-0.25, -0.2) is 4.98 Å². The number of halogens is 1. The van der Waals surface area contributed by atoms with Gasteiger partial charge < -0.3 is 9.30 Å². The normalized spacial score (nSPS) is 19.0. The van der Waals surface area contributed by atoms with Crippen molar-refractivity contribution in [1.82, 2.24) is 9.55 Å². The van der Waals surface area contributed by atoms with E-state index in [1.54, 1.807) is 7.11 Å². The number of fused-ring (bicyclic) bond motifs is 1. The van der Waals surface area contributed by atoms with E-state index in [9.17, 15) is 0 Å². The number of aromatic nitrogens is 2. The maximum atomic E-state index is 6.14. The van der Waals surface area contributed by atoms with Crippen LogP contribution in [0.1, 0.15) is 51.4 Å². The van der Waals surface area contributed by atoms with Crippen LogP contribution in [0.15, 0.2) is 18.2 Å². The lowest BCUT2D eigenvalue weighted by Gasteiger charge is -2.35. The van der Waals surface area contributed by atoms with Gasteiger partial charge >= 0.3 is 0 Å². The molecule has 2 aromatic rings. The predicted octanol–water partition coefficient (Wildman–Crippen LogP) is 4.93. The molecule has 1 aromatic heterocycles. The molecule has 21 heavy (non-hydrogen) atoms. The Hall–Kier alpha value is -1.22. The van der Waals surface area contributed by atoms with Crippen LogP contribution in [-0.2, 0) is 5.88 Å². The van der Waals surface area contributed by atoms with Crippen molar-refractivity contribution in [2.45, 2.75) is 51.5 Å². The van der Waals surface area contributed by atoms with Crippen LogP contribution in [0.5, 0.6) is 5.75 Å². The fourth-order valence-electron chi connectivity index (χ4n) is 3.39. The molecule has 0 bridgehead atoms. The van der Waals surface area contributed by atoms with E-state index in [0.29, 0.717) is 17.3 Å². The topological polar surface area (TPSA) is 27.1 Å². The number of rotatable bonds is 3. The second-order valence-corrected chi connectivity index (χ2v) is 7.05. The van der Waals surface area contributed by atoms with Crippen LogP contribution in [0.4, 0.5) is 0 Å². The highest BCUT2D eigenvalue weighted by Gasteiger charge is 2.29. The van der Waals surface area contributed by atoms with Gasteiger partial charge in [-0.05, 0) is 43.2 Å². The zero-order chi connectivity index (χ0) is 15.0. The maximum absolute atomic E-state index is 6.14. The smallest absolute Gasteiger partial charge is 0.125 e. The second kappa shape index (κ2) is 5.53. The first-order valence-corrected chi connectivity index (χ1v) is 8.18. The Morgan fingerprint density at radius 1 is 1.33 bits per heavy atom. The molecule has 0 aliphatic heterocycles. The molecule has 0 unspecified atom stereocenters. The summed E-state index contributed by atoms with van der Waals surface area (Å²) in [4.78, 5) is 4.69. The molecule has 0 spiro atoms. The van der Waals surface area contributed by atoms with E-state index in [1.807, 2.05) is 12.1 Å². The van der Waals surface area contributed by atoms with Crippen LogP contribution in [0.3, 0.4) is 0 Å². The Bertz CT molecular complexity index is 638. The molecule has 1 heterocycles. The third-order valence-corrected chi connectivity index (χ3v) is 5.00. The summed E-state index contributed by atoms with van der Waals surface area (Å²) < 4.78 is 7.71. The SMILES string of the molecule is COc1ccc2nc(CCl)n(C3CCC(C)(C)CC3)c2c1. The zero-order valence-corrected chi connectivity index (χ0v) is 13.8. The number of methoxy groups -OCH3 is 1. The van der Waals surface area contributed by atoms with Gasteiger partial charge in [0.15, 0.2) is 0 Å². The van der Waals surface area contributed by atoms with Gasteiger partial charge in [0.2, 0.25) is 0 Å². The molecular weight excluding hydrogens is 284 g/mol. The lowest BCUT2D eigenvalue weighted by molar-refractivity contribution is 0.194. The first-order chi connectivity index (χ1) is 10.0. The number of ether oxygens (including phenoxy) is 1. The van der Waals surface area contributed by atoms with Crippen molar-refractivity contribution in [1.29, 1.82) is 0 Å². The van der Waals surface area contributed by atoms with E-state index in [-0.39, 0.29) is 0 Å². The lowest BCUT2D eigenvalue weighted by Crippen LogP contribution is -2.24. The minimum absolute atomic E-state index is 0.455. The Morgan fingerprint density at radius 2 is 2.05 bits per heavy atom. The van der Waals surface area contributed by atoms with Crippen molar-refractivity contribution in [2.75, 3.05) is 7.11 Å². The summed E-state index contributed by atoms with van der Waals surface area (Å²) in [6.45, 7) is 4.72. The molecule has 0 N–H and O–H groups in total. The van der Waals surface area contributed by atoms with Crippen molar-refractivity contribution in [3.63, 3.8) is 0 Å². The fourth-order valence-corrected chi connectivity index (χ4v) is 3.58. The predicted molar refractivity (Wildman–Crippen MR) is 87.1 cm³/mol. The molecule has 0 amide bonds. The molecule has 1 aliphatic carbocycles. The van der Waals surface area contributed by atoms with E-state index in [2.05, 4.69) is 24.5 Å². The largest absolute Gasteiger partial charge is 0.497 e. The lowest BCUT2D eigenvalue weighted by atomic mass is 9.75. The molecule has 1 saturated carbocycles. The molecule has 1 aromatic carbocycles. The van der Waals surface area contributed by atoms with Gasteiger partial charge in [-0.2, -0.15) is 0 Å². The minimum atomic E-state index is 0.455. The standard InChI is InChI=1S/C17H23ClN2O/c1-17(2)8-6-12(7-9-17)20-15-10-13(21-3)4-5-14(15)19-16(20)11-18/h4-5,10,12H,6-9,11H2,1-3H3. The van der Waals surface area contributed by atoms with Crippen LogP contribution in [0, 0.1) is 5.41 Å². The highest BCUT2D eigenvalue weighted by atomic mass is 35.5. The van der Waals surface area contributed by atoms with Crippen molar-refractivity contribution in [3.05, 3.63) is 24.0 Å². The first kappa shape index (κ1) is 14.7. The quantitative estimate of drug-likeness (QED) is 0.752. The molecule has 4 heteroatoms. The number of benzene rings is 1. The summed E-state index contributed by atoms with van der Waals surface area (Å²) in [6.07, 6.45) is 4.89. The number of nitrogens with zero attached hydrogens (tertiary/aromatic N) is 2. The number of imidazole rings is 1. The summed E-state index contributed by atoms with van der Waals surface area (Å²) in [5.41, 5.74) is 2.62. The Morgan fingerprint density at radius 3 is 2.67 bits per heavy atom. The number of hydrogen-bond acceptors (Lipinski definition) is 2. The third kappa shape index (κ3) is 2.76. The van der Waals surface area contributed by atoms with Crippen molar-refractivity contribution in [2.24, 2.45) is 5.41 Å². The van der Waals surface area contributed by atoms with Crippen LogP contribution in [-0.4, -0.2) is 16.7 Å². The molecule has 0 atom stereocenters. The van der Waals surface area contributed by atoms with Crippen molar-refractivity contribution in [3.8, 4) is 5.75 Å². The van der Waals surface area contributed by atoms with Gasteiger partial charge in [0.1, 0.15) is 11.6 Å². The van der Waals surface area contributed by atoms with Crippen molar-refractivity contribution >= 4 is 22.6 Å². The van der Waals surface area contributed by atoms with Gasteiger partial charge in [0.05, 0.1) is 24.0 Å². The fraction of sp³-hybridized carbons (Fsp3) is 0.588. The number of hydrogen-bond donors (Lipinski definition) is 0. The molecule has 1 fully saturated rings. The average molecular weight is 307 g/mol. The van der Waals surface area contributed by atoms with Crippen LogP contribution in [0.2, 0.25) is 0 Å². The van der Waals surface area contributed by atoms with Crippen LogP contribution in [0.25, 0.3) is 11.0 Å². The minimum Gasteiger partial charge on any atom is -0.497 e. The average Bonchev–Trinajstić information content (AvgIpc) is 2.85. The van der Waals surface area contributed by atoms with Crippen molar-refractivity contribution < 1.29 is 4.74 Å². The van der Waals surface area contributed by atoms with Crippen LogP contribution < -0.4 is 4.74 Å².